The molecule has 2 aromatic carbocycles. The van der Waals surface area contributed by atoms with Crippen LogP contribution in [0.3, 0.4) is 0 Å². The predicted octanol–water partition coefficient (Wildman–Crippen LogP) is 4.49. The second-order valence-electron chi connectivity index (χ2n) is 7.88. The third-order valence-electron chi connectivity index (χ3n) is 5.50. The van der Waals surface area contributed by atoms with E-state index in [9.17, 15) is 18.7 Å². The van der Waals surface area contributed by atoms with Crippen molar-refractivity contribution in [1.82, 2.24) is 4.98 Å². The molecule has 0 aliphatic carbocycles. The zero-order valence-electron chi connectivity index (χ0n) is 17.8. The van der Waals surface area contributed by atoms with Gasteiger partial charge in [-0.25, -0.2) is 4.39 Å². The zero-order chi connectivity index (χ0) is 22.8. The van der Waals surface area contributed by atoms with Gasteiger partial charge in [-0.2, -0.15) is 0 Å². The Morgan fingerprint density at radius 1 is 1.16 bits per heavy atom. The van der Waals surface area contributed by atoms with E-state index >= 15 is 0 Å². The van der Waals surface area contributed by atoms with E-state index in [0.29, 0.717) is 20.6 Å². The molecule has 0 saturated heterocycles. The maximum atomic E-state index is 15.0. The number of hydrogen-bond donors (Lipinski definition) is 1. The Morgan fingerprint density at radius 3 is 2.66 bits per heavy atom. The number of rotatable bonds is 6. The minimum atomic E-state index is -1.77. The van der Waals surface area contributed by atoms with Crippen molar-refractivity contribution < 1.29 is 28.3 Å². The van der Waals surface area contributed by atoms with E-state index in [4.69, 9.17) is 4.74 Å². The molecule has 0 bridgehead atoms. The molecule has 159 valence electrons. The normalized spacial score (nSPS) is 13.1. The number of hydrogen-bond acceptors (Lipinski definition) is 6. The fourth-order valence-corrected chi connectivity index (χ4v) is 4.84. The van der Waals surface area contributed by atoms with Crippen LogP contribution in [-0.4, -0.2) is 49.2 Å². The van der Waals surface area contributed by atoms with Gasteiger partial charge in [0.2, 0.25) is 0 Å². The van der Waals surface area contributed by atoms with Gasteiger partial charge >= 0.3 is 157 Å². The van der Waals surface area contributed by atoms with Gasteiger partial charge in [-0.1, -0.05) is 12.1 Å². The average Bonchev–Trinajstić information content (AvgIpc) is 3.19. The van der Waals surface area contributed by atoms with Crippen molar-refractivity contribution in [2.45, 2.75) is 20.3 Å². The van der Waals surface area contributed by atoms with Crippen LogP contribution < -0.4 is 4.74 Å². The Bertz CT molecular complexity index is 1250. The van der Waals surface area contributed by atoms with E-state index in [1.807, 2.05) is 6.92 Å². The van der Waals surface area contributed by atoms with Crippen LogP contribution in [0.5, 0.6) is 11.5 Å². The summed E-state index contributed by atoms with van der Waals surface area (Å²) in [4.78, 5) is 20.2. The van der Waals surface area contributed by atoms with Crippen molar-refractivity contribution in [3.05, 3.63) is 76.5 Å². The van der Waals surface area contributed by atoms with Gasteiger partial charge in [-0.3, -0.25) is 0 Å². The first kappa shape index (κ1) is 22.4. The molecule has 1 aromatic heterocycles. The third kappa shape index (κ3) is 4.67. The molecule has 0 amide bonds. The number of aromatic hydroxyl groups is 1. The maximum absolute atomic E-state index is 15.0. The molecule has 6 nitrogen and oxygen atoms in total. The number of carbonyl (C=O) groups is 1. The monoisotopic (exact) mass is 447 g/mol. The zero-order valence-corrected chi connectivity index (χ0v) is 19.8. The van der Waals surface area contributed by atoms with E-state index in [-0.39, 0.29) is 32.6 Å². The van der Waals surface area contributed by atoms with Gasteiger partial charge in [0.05, 0.1) is 0 Å². The number of carbonyl (C=O) groups excluding carboxylic acids is 1. The van der Waals surface area contributed by atoms with Gasteiger partial charge < -0.3 is 5.11 Å². The summed E-state index contributed by atoms with van der Waals surface area (Å²) in [7, 11) is 0. The Labute approximate surface area is 196 Å². The molecule has 3 aromatic rings. The van der Waals surface area contributed by atoms with E-state index in [1.54, 1.807) is 37.3 Å². The molecule has 1 aliphatic rings. The van der Waals surface area contributed by atoms with Gasteiger partial charge in [0.1, 0.15) is 5.82 Å². The van der Waals surface area contributed by atoms with Crippen LogP contribution in [0.1, 0.15) is 22.4 Å². The fraction of sp³-hybridized carbons (Fsp3) is 0.174. The summed E-state index contributed by atoms with van der Waals surface area (Å²) >= 11 is -1.77. The fourth-order valence-electron chi connectivity index (χ4n) is 3.71. The standard InChI is InChI=1S/C23H18F2N2O4.Na/c1-14-11-21(30-10-9-26-31-13-28)22(25)15(2)18(14)12-16-7-8-20(29)23(27-16)17-5-3-4-6-19(17)24;/h3-8,11,29H,10,12H2,1-2H3;. The second kappa shape index (κ2) is 9.36. The van der Waals surface area contributed by atoms with Crippen molar-refractivity contribution in [2.24, 2.45) is 5.16 Å². The Hall–Kier alpha value is -2.81. The Balaban J connectivity index is 1.60. The van der Waals surface area contributed by atoms with Crippen LogP contribution in [0.4, 0.5) is 13.6 Å². The van der Waals surface area contributed by atoms with Crippen LogP contribution in [0.25, 0.3) is 11.3 Å². The van der Waals surface area contributed by atoms with Crippen LogP contribution in [-0.2, 0) is 11.3 Å². The summed E-state index contributed by atoms with van der Waals surface area (Å²) < 4.78 is 35.1. The van der Waals surface area contributed by atoms with Crippen molar-refractivity contribution in [3.63, 3.8) is 0 Å². The minimum absolute atomic E-state index is 0.0372. The number of nitrogens with zero attached hydrogens (tertiary/aromatic N) is 2. The SMILES string of the molecule is Cc1cc(OC[C]2=NO[C](=O)[Na]2)c(F)c(C)c1Cc1ccc(O)c(-c2ccccc2F)n1. The topological polar surface area (TPSA) is 81.0 Å². The summed E-state index contributed by atoms with van der Waals surface area (Å²) in [5.41, 5.74) is 2.81. The predicted molar refractivity (Wildman–Crippen MR) is 115 cm³/mol. The Morgan fingerprint density at radius 2 is 1.94 bits per heavy atom. The summed E-state index contributed by atoms with van der Waals surface area (Å²) in [5, 5.41) is 13.9. The van der Waals surface area contributed by atoms with Gasteiger partial charge in [-0.15, -0.1) is 0 Å². The third-order valence-corrected chi connectivity index (χ3v) is 7.14. The summed E-state index contributed by atoms with van der Waals surface area (Å²) in [6.07, 6.45) is 0.293. The average molecular weight is 447 g/mol. The molecule has 9 heteroatoms. The van der Waals surface area contributed by atoms with Crippen molar-refractivity contribution in [2.75, 3.05) is 6.61 Å². The van der Waals surface area contributed by atoms with Crippen LogP contribution in [0.15, 0.2) is 47.6 Å². The van der Waals surface area contributed by atoms with Gasteiger partial charge in [0.25, 0.3) is 0 Å². The summed E-state index contributed by atoms with van der Waals surface area (Å²) in [5.74, 6) is -1.04. The molecule has 0 unspecified atom stereocenters. The van der Waals surface area contributed by atoms with E-state index in [0.717, 1.165) is 11.1 Å². The van der Waals surface area contributed by atoms with Gasteiger partial charge in [0, 0.05) is 0 Å². The molecule has 5 radical (unpaired) electrons. The number of benzene rings is 2. The molecule has 1 N–H and O–H groups in total. The first-order valence-electron chi connectivity index (χ1n) is 10.2. The molecule has 1 aliphatic heterocycles. The van der Waals surface area contributed by atoms with E-state index in [2.05, 4.69) is 15.0 Å². The van der Waals surface area contributed by atoms with Crippen LogP contribution in [0, 0.1) is 25.5 Å². The van der Waals surface area contributed by atoms with Crippen molar-refractivity contribution in [3.8, 4) is 22.8 Å². The molecular formula is C23H18F2N2NaO4. The second-order valence-corrected chi connectivity index (χ2v) is 10.4. The number of ether oxygens (including phenoxy) is 1. The molecule has 0 saturated carbocycles. The summed E-state index contributed by atoms with van der Waals surface area (Å²) in [6, 6.07) is 10.8. The number of aromatic nitrogens is 1. The van der Waals surface area contributed by atoms with Crippen LogP contribution in [0.2, 0.25) is 0 Å². The van der Waals surface area contributed by atoms with Gasteiger partial charge in [0.15, 0.2) is 0 Å². The quantitative estimate of drug-likeness (QED) is 0.445. The van der Waals surface area contributed by atoms with Crippen LogP contribution >= 0.6 is 0 Å². The number of halogens is 2. The first-order valence-corrected chi connectivity index (χ1v) is 12.2. The number of oxime groups is 1. The van der Waals surface area contributed by atoms with Crippen molar-refractivity contribution >= 4 is 32.5 Å². The number of pyridine rings is 1. The molecule has 0 atom stereocenters. The van der Waals surface area contributed by atoms with Gasteiger partial charge in [-0.05, 0) is 12.1 Å². The number of aryl methyl sites for hydroxylation is 1. The molecule has 0 spiro atoms. The van der Waals surface area contributed by atoms with Crippen molar-refractivity contribution in [1.29, 1.82) is 0 Å². The van der Waals surface area contributed by atoms with E-state index in [1.165, 1.54) is 12.1 Å². The molecule has 2 heterocycles. The molecular weight excluding hydrogens is 429 g/mol. The first-order chi connectivity index (χ1) is 15.3. The molecule has 4 rings (SSSR count). The van der Waals surface area contributed by atoms with E-state index < -0.39 is 37.9 Å². The Kier molecular flexibility index (Phi) is 6.55. The molecule has 32 heavy (non-hydrogen) atoms. The molecule has 0 fully saturated rings. The summed E-state index contributed by atoms with van der Waals surface area (Å²) in [6.45, 7) is 3.53.